The predicted octanol–water partition coefficient (Wildman–Crippen LogP) is 1.39. The number of likely N-dealkylation sites (tertiary alicyclic amines) is 2. The molecule has 3 aliphatic heterocycles. The van der Waals surface area contributed by atoms with Gasteiger partial charge in [0.1, 0.15) is 6.10 Å². The number of aryl methyl sites for hydroxylation is 2. The number of carbonyl (C=O) groups is 2. The van der Waals surface area contributed by atoms with Crippen molar-refractivity contribution in [3.63, 3.8) is 0 Å². The second kappa shape index (κ2) is 7.73. The maximum absolute atomic E-state index is 12.5. The molecule has 4 rings (SSSR count). The van der Waals surface area contributed by atoms with Crippen molar-refractivity contribution in [3.05, 3.63) is 17.5 Å². The summed E-state index contributed by atoms with van der Waals surface area (Å²) in [4.78, 5) is 30.7. The first kappa shape index (κ1) is 19.2. The highest BCUT2D eigenvalue weighted by Crippen LogP contribution is 2.32. The van der Waals surface area contributed by atoms with Gasteiger partial charge >= 0.3 is 6.09 Å². The van der Waals surface area contributed by atoms with Crippen molar-refractivity contribution in [2.45, 2.75) is 64.3 Å². The molecule has 1 aromatic rings. The Bertz CT molecular complexity index is 740. The van der Waals surface area contributed by atoms with Crippen LogP contribution in [0.2, 0.25) is 0 Å². The number of aromatic nitrogens is 2. The second-order valence-electron chi connectivity index (χ2n) is 8.18. The van der Waals surface area contributed by atoms with E-state index in [0.29, 0.717) is 19.5 Å². The van der Waals surface area contributed by atoms with Gasteiger partial charge in [-0.25, -0.2) is 4.79 Å². The van der Waals surface area contributed by atoms with Gasteiger partial charge in [-0.05, 0) is 19.3 Å². The number of amides is 2. The molecule has 0 bridgehead atoms. The van der Waals surface area contributed by atoms with Gasteiger partial charge in [-0.1, -0.05) is 13.8 Å². The number of ether oxygens (including phenoxy) is 1. The van der Waals surface area contributed by atoms with Gasteiger partial charge in [-0.15, -0.1) is 0 Å². The fraction of sp³-hybridized carbons (Fsp3) is 0.750. The summed E-state index contributed by atoms with van der Waals surface area (Å²) in [6, 6.07) is 0.222. The zero-order valence-corrected chi connectivity index (χ0v) is 17.1. The predicted molar refractivity (Wildman–Crippen MR) is 104 cm³/mol. The molecule has 154 valence electrons. The summed E-state index contributed by atoms with van der Waals surface area (Å²) < 4.78 is 7.49. The Labute approximate surface area is 166 Å². The highest BCUT2D eigenvalue weighted by atomic mass is 16.6. The highest BCUT2D eigenvalue weighted by molar-refractivity contribution is 5.77. The van der Waals surface area contributed by atoms with Crippen molar-refractivity contribution < 1.29 is 14.3 Å². The fourth-order valence-electron chi connectivity index (χ4n) is 4.92. The van der Waals surface area contributed by atoms with E-state index in [4.69, 9.17) is 4.74 Å². The number of rotatable bonds is 5. The Balaban J connectivity index is 1.35. The molecule has 3 aliphatic rings. The molecule has 2 amide bonds. The molecule has 0 aliphatic carbocycles. The zero-order chi connectivity index (χ0) is 19.8. The molecule has 0 spiro atoms. The molecule has 8 nitrogen and oxygen atoms in total. The normalized spacial score (nSPS) is 26.0. The summed E-state index contributed by atoms with van der Waals surface area (Å²) in [6.07, 6.45) is 5.10. The Kier molecular flexibility index (Phi) is 5.31. The average Bonchev–Trinajstić information content (AvgIpc) is 3.33. The topological polar surface area (TPSA) is 70.9 Å². The third-order valence-corrected chi connectivity index (χ3v) is 6.38. The van der Waals surface area contributed by atoms with Gasteiger partial charge in [0, 0.05) is 57.4 Å². The van der Waals surface area contributed by atoms with Crippen molar-refractivity contribution in [1.82, 2.24) is 24.5 Å². The van der Waals surface area contributed by atoms with Gasteiger partial charge in [0.2, 0.25) is 5.91 Å². The van der Waals surface area contributed by atoms with Crippen molar-refractivity contribution in [1.29, 1.82) is 0 Å². The third-order valence-electron chi connectivity index (χ3n) is 6.38. The summed E-state index contributed by atoms with van der Waals surface area (Å²) >= 11 is 0. The number of carbonyl (C=O) groups excluding carboxylic acids is 2. The molecule has 3 saturated heterocycles. The van der Waals surface area contributed by atoms with Crippen LogP contribution in [0.15, 0.2) is 6.20 Å². The molecular formula is C20H31N5O3. The monoisotopic (exact) mass is 389 g/mol. The molecule has 0 saturated carbocycles. The van der Waals surface area contributed by atoms with Crippen molar-refractivity contribution in [2.24, 2.45) is 7.05 Å². The molecule has 8 heteroatoms. The average molecular weight is 390 g/mol. The summed E-state index contributed by atoms with van der Waals surface area (Å²) in [5.74, 6) is 0.142. The summed E-state index contributed by atoms with van der Waals surface area (Å²) in [6.45, 7) is 8.00. The van der Waals surface area contributed by atoms with Gasteiger partial charge in [-0.3, -0.25) is 19.3 Å². The summed E-state index contributed by atoms with van der Waals surface area (Å²) in [5.41, 5.74) is 2.47. The van der Waals surface area contributed by atoms with E-state index >= 15 is 0 Å². The van der Waals surface area contributed by atoms with E-state index in [1.807, 2.05) is 28.5 Å². The van der Waals surface area contributed by atoms with Gasteiger partial charge in [-0.2, -0.15) is 5.10 Å². The minimum Gasteiger partial charge on any atom is -0.442 e. The number of hydrogen-bond donors (Lipinski definition) is 0. The van der Waals surface area contributed by atoms with E-state index in [2.05, 4.69) is 23.1 Å². The van der Waals surface area contributed by atoms with Crippen LogP contribution in [-0.4, -0.2) is 80.8 Å². The quantitative estimate of drug-likeness (QED) is 0.761. The van der Waals surface area contributed by atoms with Gasteiger partial charge in [0.25, 0.3) is 0 Å². The van der Waals surface area contributed by atoms with Crippen LogP contribution in [0.4, 0.5) is 4.79 Å². The Hall–Kier alpha value is -2.09. The smallest absolute Gasteiger partial charge is 0.410 e. The minimum atomic E-state index is -0.197. The Morgan fingerprint density at radius 1 is 1.25 bits per heavy atom. The molecule has 28 heavy (non-hydrogen) atoms. The third kappa shape index (κ3) is 3.50. The standard InChI is InChI=1S/C20H31N5O3/c1-4-16-14(10-22(3)21-16)11-23-8-6-15(7-9-23)25-17-12-24(19(26)5-2)13-18(17)28-20(25)27/h10,15,17-18H,4-9,11-13H2,1-3H3/t17-,18+/m1/s1. The summed E-state index contributed by atoms with van der Waals surface area (Å²) in [5, 5.41) is 4.54. The van der Waals surface area contributed by atoms with E-state index in [1.165, 1.54) is 11.3 Å². The molecule has 3 fully saturated rings. The lowest BCUT2D eigenvalue weighted by Crippen LogP contribution is -2.50. The Morgan fingerprint density at radius 2 is 2.00 bits per heavy atom. The van der Waals surface area contributed by atoms with Crippen LogP contribution in [-0.2, 0) is 29.5 Å². The number of piperidine rings is 1. The highest BCUT2D eigenvalue weighted by Gasteiger charge is 2.51. The van der Waals surface area contributed by atoms with E-state index in [9.17, 15) is 9.59 Å². The van der Waals surface area contributed by atoms with E-state index in [1.54, 1.807) is 0 Å². The van der Waals surface area contributed by atoms with Crippen LogP contribution in [0.5, 0.6) is 0 Å². The lowest BCUT2D eigenvalue weighted by atomic mass is 10.0. The van der Waals surface area contributed by atoms with Crippen LogP contribution in [0, 0.1) is 0 Å². The first-order valence-corrected chi connectivity index (χ1v) is 10.5. The number of fused-ring (bicyclic) bond motifs is 1. The van der Waals surface area contributed by atoms with Crippen LogP contribution in [0.1, 0.15) is 44.4 Å². The SMILES string of the molecule is CCC(=O)N1C[C@@H]2OC(=O)N(C3CCN(Cc4cn(C)nc4CC)CC3)[C@@H]2C1. The molecule has 0 radical (unpaired) electrons. The van der Waals surface area contributed by atoms with Crippen molar-refractivity contribution in [3.8, 4) is 0 Å². The first-order chi connectivity index (χ1) is 13.5. The van der Waals surface area contributed by atoms with Gasteiger partial charge < -0.3 is 9.64 Å². The largest absolute Gasteiger partial charge is 0.442 e. The van der Waals surface area contributed by atoms with Gasteiger partial charge in [0.05, 0.1) is 18.3 Å². The van der Waals surface area contributed by atoms with Gasteiger partial charge in [0.15, 0.2) is 0 Å². The maximum Gasteiger partial charge on any atom is 0.410 e. The molecule has 1 aromatic heterocycles. The molecule has 0 unspecified atom stereocenters. The molecule has 0 N–H and O–H groups in total. The lowest BCUT2D eigenvalue weighted by molar-refractivity contribution is -0.130. The van der Waals surface area contributed by atoms with E-state index < -0.39 is 0 Å². The molecule has 0 aromatic carbocycles. The van der Waals surface area contributed by atoms with Crippen molar-refractivity contribution in [2.75, 3.05) is 26.2 Å². The molecule has 4 heterocycles. The van der Waals surface area contributed by atoms with Crippen LogP contribution in [0.3, 0.4) is 0 Å². The number of hydrogen-bond acceptors (Lipinski definition) is 5. The van der Waals surface area contributed by atoms with Crippen LogP contribution < -0.4 is 0 Å². The minimum absolute atomic E-state index is 0.0181. The Morgan fingerprint density at radius 3 is 2.68 bits per heavy atom. The van der Waals surface area contributed by atoms with E-state index in [-0.39, 0.29) is 30.2 Å². The van der Waals surface area contributed by atoms with Crippen LogP contribution >= 0.6 is 0 Å². The molecular weight excluding hydrogens is 358 g/mol. The van der Waals surface area contributed by atoms with Crippen LogP contribution in [0.25, 0.3) is 0 Å². The second-order valence-corrected chi connectivity index (χ2v) is 8.18. The fourth-order valence-corrected chi connectivity index (χ4v) is 4.92. The lowest BCUT2D eigenvalue weighted by Gasteiger charge is -2.37. The maximum atomic E-state index is 12.5. The molecule has 2 atom stereocenters. The summed E-state index contributed by atoms with van der Waals surface area (Å²) in [7, 11) is 1.97. The van der Waals surface area contributed by atoms with E-state index in [0.717, 1.165) is 38.9 Å². The first-order valence-electron chi connectivity index (χ1n) is 10.5. The van der Waals surface area contributed by atoms with Crippen molar-refractivity contribution >= 4 is 12.0 Å². The number of nitrogens with zero attached hydrogens (tertiary/aromatic N) is 5. The zero-order valence-electron chi connectivity index (χ0n) is 17.1.